The molecule has 0 bridgehead atoms. The van der Waals surface area contributed by atoms with Crippen LogP contribution < -0.4 is 6.15 Å². The van der Waals surface area contributed by atoms with E-state index in [0.29, 0.717) is 0 Å². The van der Waals surface area contributed by atoms with Gasteiger partial charge < -0.3 is 25.7 Å². The van der Waals surface area contributed by atoms with Crippen LogP contribution in [-0.4, -0.2) is 19.6 Å². The lowest BCUT2D eigenvalue weighted by Gasteiger charge is -1.61. The molecule has 0 saturated heterocycles. The van der Waals surface area contributed by atoms with E-state index >= 15 is 0 Å². The molecule has 0 unspecified atom stereocenters. The topological polar surface area (TPSA) is 150 Å². The number of hydrogen-bond acceptors (Lipinski definition) is 3. The molecule has 0 radical (unpaired) electrons. The third-order valence-corrected chi connectivity index (χ3v) is 0. The average Bonchev–Trinajstić information content (AvgIpc) is 1.25. The van der Waals surface area contributed by atoms with E-state index in [1.165, 1.54) is 0 Å². The molecule has 0 aromatic rings. The standard InChI is InChI=1S/H3N.2H3O3P/c;2*1-4(2)3/h1H3;2*4H,(H2,1,2,3). The first-order chi connectivity index (χ1) is 3.46. The van der Waals surface area contributed by atoms with E-state index < -0.39 is 16.5 Å². The van der Waals surface area contributed by atoms with Crippen LogP contribution in [0.15, 0.2) is 0 Å². The lowest BCUT2D eigenvalue weighted by Crippen LogP contribution is -1.38. The Bertz CT molecular complexity index is 69.1. The van der Waals surface area contributed by atoms with Crippen molar-refractivity contribution in [3.8, 4) is 0 Å². The molecule has 0 aliphatic rings. The van der Waals surface area contributed by atoms with Crippen LogP contribution in [0.4, 0.5) is 0 Å². The second-order valence-corrected chi connectivity index (χ2v) is 1.70. The lowest BCUT2D eigenvalue weighted by molar-refractivity contribution is 0.403. The number of rotatable bonds is 0. The molecular weight excluding hydrogens is 172 g/mol. The second-order valence-electron chi connectivity index (χ2n) is 0.565. The molecule has 0 rings (SSSR count). The monoisotopic (exact) mass is 181 g/mol. The predicted molar refractivity (Wildman–Crippen MR) is 31.9 cm³/mol. The van der Waals surface area contributed by atoms with E-state index in [2.05, 4.69) is 0 Å². The Morgan fingerprint density at radius 3 is 0.778 bits per heavy atom. The van der Waals surface area contributed by atoms with Gasteiger partial charge in [0.05, 0.1) is 0 Å². The van der Waals surface area contributed by atoms with E-state index in [9.17, 15) is 0 Å². The van der Waals surface area contributed by atoms with Crippen LogP contribution >= 0.6 is 16.5 Å². The van der Waals surface area contributed by atoms with Gasteiger partial charge in [0.1, 0.15) is 0 Å². The van der Waals surface area contributed by atoms with Crippen molar-refractivity contribution in [3.05, 3.63) is 0 Å². The normalized spacial score (nSPS) is 7.78. The van der Waals surface area contributed by atoms with Gasteiger partial charge in [-0.2, -0.15) is 0 Å². The van der Waals surface area contributed by atoms with E-state index in [1.54, 1.807) is 0 Å². The van der Waals surface area contributed by atoms with Gasteiger partial charge in [-0.05, 0) is 0 Å². The highest BCUT2D eigenvalue weighted by atomic mass is 31.1. The molecule has 0 spiro atoms. The second kappa shape index (κ2) is 11.1. The summed E-state index contributed by atoms with van der Waals surface area (Å²) in [6.07, 6.45) is 0. The SMILES string of the molecule is N.O=[PH](O)O.O=[PH](O)O. The summed E-state index contributed by atoms with van der Waals surface area (Å²) in [5.41, 5.74) is 0. The average molecular weight is 181 g/mol. The smallest absolute Gasteiger partial charge is 0.314 e. The lowest BCUT2D eigenvalue weighted by atomic mass is 14.0. The summed E-state index contributed by atoms with van der Waals surface area (Å²) in [7, 11) is -6.26. The minimum absolute atomic E-state index is 0. The largest absolute Gasteiger partial charge is 0.344 e. The molecule has 60 valence electrons. The summed E-state index contributed by atoms with van der Waals surface area (Å²) in [6.45, 7) is 0. The fourth-order valence-electron chi connectivity index (χ4n) is 0. The van der Waals surface area contributed by atoms with E-state index in [4.69, 9.17) is 28.7 Å². The fraction of sp³-hybridized carbons (Fsp3) is 0. The quantitative estimate of drug-likeness (QED) is 0.297. The number of hydrogen-bond donors (Lipinski definition) is 5. The molecule has 0 aliphatic heterocycles. The molecule has 0 heterocycles. The Balaban J connectivity index is -0.0000000720. The van der Waals surface area contributed by atoms with Crippen molar-refractivity contribution in [2.24, 2.45) is 0 Å². The van der Waals surface area contributed by atoms with Crippen molar-refractivity contribution in [2.45, 2.75) is 0 Å². The van der Waals surface area contributed by atoms with Gasteiger partial charge in [0, 0.05) is 0 Å². The van der Waals surface area contributed by atoms with E-state index in [-0.39, 0.29) is 6.15 Å². The van der Waals surface area contributed by atoms with Crippen LogP contribution in [0.2, 0.25) is 0 Å². The highest BCUT2D eigenvalue weighted by molar-refractivity contribution is 7.31. The van der Waals surface area contributed by atoms with Crippen molar-refractivity contribution in [1.29, 1.82) is 0 Å². The van der Waals surface area contributed by atoms with Gasteiger partial charge in [-0.1, -0.05) is 0 Å². The molecule has 9 heteroatoms. The first-order valence-electron chi connectivity index (χ1n) is 1.30. The van der Waals surface area contributed by atoms with Crippen molar-refractivity contribution in [2.75, 3.05) is 0 Å². The van der Waals surface area contributed by atoms with Crippen molar-refractivity contribution < 1.29 is 28.7 Å². The first kappa shape index (κ1) is 16.1. The maximum absolute atomic E-state index is 8.74. The maximum atomic E-state index is 8.74. The Labute approximate surface area is 52.4 Å². The van der Waals surface area contributed by atoms with Crippen LogP contribution in [-0.2, 0) is 9.13 Å². The van der Waals surface area contributed by atoms with Gasteiger partial charge in [-0.15, -0.1) is 0 Å². The molecular formula is H9NO6P2. The van der Waals surface area contributed by atoms with Gasteiger partial charge in [0.25, 0.3) is 0 Å². The minimum Gasteiger partial charge on any atom is -0.344 e. The van der Waals surface area contributed by atoms with Crippen molar-refractivity contribution in [3.63, 3.8) is 0 Å². The molecule has 0 aromatic carbocycles. The molecule has 9 heavy (non-hydrogen) atoms. The van der Waals surface area contributed by atoms with Gasteiger partial charge in [-0.25, -0.2) is 0 Å². The van der Waals surface area contributed by atoms with Gasteiger partial charge in [0.15, 0.2) is 0 Å². The zero-order valence-electron chi connectivity index (χ0n) is 4.31. The summed E-state index contributed by atoms with van der Waals surface area (Å²) < 4.78 is 17.5. The van der Waals surface area contributed by atoms with Crippen LogP contribution in [0, 0.1) is 0 Å². The summed E-state index contributed by atoms with van der Waals surface area (Å²) in [5.74, 6) is 0. The highest BCUT2D eigenvalue weighted by Gasteiger charge is 1.62. The fourth-order valence-corrected chi connectivity index (χ4v) is 0. The van der Waals surface area contributed by atoms with E-state index in [1.807, 2.05) is 0 Å². The Kier molecular flexibility index (Phi) is 19.9. The summed E-state index contributed by atoms with van der Waals surface area (Å²) in [4.78, 5) is 28.6. The third-order valence-electron chi connectivity index (χ3n) is 0. The van der Waals surface area contributed by atoms with Gasteiger partial charge in [-0.3, -0.25) is 9.13 Å². The molecule has 0 fully saturated rings. The van der Waals surface area contributed by atoms with Gasteiger partial charge >= 0.3 is 16.5 Å². The maximum Gasteiger partial charge on any atom is 0.314 e. The molecule has 0 atom stereocenters. The summed E-state index contributed by atoms with van der Waals surface area (Å²) in [5, 5.41) is 0. The van der Waals surface area contributed by atoms with Crippen LogP contribution in [0.5, 0.6) is 0 Å². The zero-order chi connectivity index (χ0) is 7.15. The molecule has 7 nitrogen and oxygen atoms in total. The Morgan fingerprint density at radius 2 is 0.778 bits per heavy atom. The van der Waals surface area contributed by atoms with Crippen molar-refractivity contribution in [1.82, 2.24) is 6.15 Å². The minimum atomic E-state index is -3.13. The molecule has 0 saturated carbocycles. The van der Waals surface area contributed by atoms with Crippen LogP contribution in [0.1, 0.15) is 0 Å². The third kappa shape index (κ3) is 4790. The zero-order valence-corrected chi connectivity index (χ0v) is 6.31. The molecule has 7 N–H and O–H groups in total. The van der Waals surface area contributed by atoms with Gasteiger partial charge in [0.2, 0.25) is 0 Å². The van der Waals surface area contributed by atoms with Crippen LogP contribution in [0.3, 0.4) is 0 Å². The molecule has 0 aliphatic carbocycles. The van der Waals surface area contributed by atoms with Crippen molar-refractivity contribution >= 4 is 16.5 Å². The highest BCUT2D eigenvalue weighted by Crippen LogP contribution is 1.98. The summed E-state index contributed by atoms with van der Waals surface area (Å²) >= 11 is 0. The summed E-state index contributed by atoms with van der Waals surface area (Å²) in [6, 6.07) is 0. The molecule has 0 aromatic heterocycles. The Morgan fingerprint density at radius 1 is 0.778 bits per heavy atom. The molecule has 0 amide bonds. The first-order valence-corrected chi connectivity index (χ1v) is 3.91. The van der Waals surface area contributed by atoms with E-state index in [0.717, 1.165) is 0 Å². The van der Waals surface area contributed by atoms with Crippen LogP contribution in [0.25, 0.3) is 0 Å². The Hall–Kier alpha value is 0.260. The predicted octanol–water partition coefficient (Wildman–Crippen LogP) is -1.12.